The first kappa shape index (κ1) is 8.43. The molecule has 0 bridgehead atoms. The third kappa shape index (κ3) is 1.35. The van der Waals surface area contributed by atoms with Crippen LogP contribution in [0.1, 0.15) is 0 Å². The van der Waals surface area contributed by atoms with Gasteiger partial charge in [-0.05, 0) is 29.4 Å². The van der Waals surface area contributed by atoms with Crippen molar-refractivity contribution in [2.45, 2.75) is 0 Å². The molecule has 0 atom stereocenters. The monoisotopic (exact) mass is 188 g/mol. The minimum Gasteiger partial charge on any atom is -0.397 e. The van der Waals surface area contributed by atoms with Gasteiger partial charge in [0.15, 0.2) is 0 Å². The molecule has 0 fully saturated rings. The predicted molar refractivity (Wildman–Crippen MR) is 53.4 cm³/mol. The molecular formula is C9H8N4O. The molecule has 1 aromatic heterocycles. The maximum atomic E-state index is 10.3. The number of rotatable bonds is 2. The van der Waals surface area contributed by atoms with Crippen LogP contribution in [0.5, 0.6) is 0 Å². The number of benzene rings is 1. The molecule has 0 spiro atoms. The standard InChI is InChI=1S/C9H8N4O/c10-8-6-7(2-3-9(8)12-14)13-5-1-4-11-13/h1-6H,10H2. The first-order valence-electron chi connectivity index (χ1n) is 4.04. The maximum absolute atomic E-state index is 10.3. The van der Waals surface area contributed by atoms with Crippen LogP contribution in [0.15, 0.2) is 41.8 Å². The highest BCUT2D eigenvalue weighted by Gasteiger charge is 2.01. The molecule has 2 aromatic rings. The van der Waals surface area contributed by atoms with E-state index in [9.17, 15) is 4.91 Å². The third-order valence-electron chi connectivity index (χ3n) is 1.88. The number of nitroso groups, excluding NO2 is 1. The fourth-order valence-electron chi connectivity index (χ4n) is 1.19. The minimum absolute atomic E-state index is 0.251. The summed E-state index contributed by atoms with van der Waals surface area (Å²) in [5, 5.41) is 6.82. The summed E-state index contributed by atoms with van der Waals surface area (Å²) in [6, 6.07) is 6.77. The Bertz CT molecular complexity index is 450. The fraction of sp³-hybridized carbons (Fsp3) is 0. The van der Waals surface area contributed by atoms with Crippen LogP contribution in [-0.4, -0.2) is 9.78 Å². The maximum Gasteiger partial charge on any atom is 0.131 e. The van der Waals surface area contributed by atoms with Crippen molar-refractivity contribution in [3.63, 3.8) is 0 Å². The van der Waals surface area contributed by atoms with Gasteiger partial charge in [-0.3, -0.25) is 0 Å². The van der Waals surface area contributed by atoms with Gasteiger partial charge in [-0.2, -0.15) is 5.10 Å². The molecular weight excluding hydrogens is 180 g/mol. The zero-order chi connectivity index (χ0) is 9.97. The van der Waals surface area contributed by atoms with Crippen LogP contribution in [0, 0.1) is 4.91 Å². The molecule has 0 aliphatic rings. The Labute approximate surface area is 80.1 Å². The SMILES string of the molecule is Nc1cc(-n2cccn2)ccc1N=O. The van der Waals surface area contributed by atoms with Gasteiger partial charge in [0.2, 0.25) is 0 Å². The van der Waals surface area contributed by atoms with Crippen LogP contribution in [0.25, 0.3) is 5.69 Å². The Hall–Kier alpha value is -2.17. The second-order valence-electron chi connectivity index (χ2n) is 2.79. The Morgan fingerprint density at radius 1 is 1.43 bits per heavy atom. The Balaban J connectivity index is 2.48. The number of nitrogen functional groups attached to an aromatic ring is 1. The third-order valence-corrected chi connectivity index (χ3v) is 1.88. The summed E-state index contributed by atoms with van der Waals surface area (Å²) in [6.45, 7) is 0. The normalized spacial score (nSPS) is 10.0. The highest BCUT2D eigenvalue weighted by atomic mass is 16.3. The van der Waals surface area contributed by atoms with E-state index < -0.39 is 0 Å². The predicted octanol–water partition coefficient (Wildman–Crippen LogP) is 1.85. The molecule has 5 nitrogen and oxygen atoms in total. The van der Waals surface area contributed by atoms with E-state index in [4.69, 9.17) is 5.73 Å². The van der Waals surface area contributed by atoms with Gasteiger partial charge in [0.25, 0.3) is 0 Å². The first-order chi connectivity index (χ1) is 6.81. The summed E-state index contributed by atoms with van der Waals surface area (Å²) in [6.07, 6.45) is 3.46. The van der Waals surface area contributed by atoms with E-state index >= 15 is 0 Å². The van der Waals surface area contributed by atoms with E-state index in [1.165, 1.54) is 0 Å². The van der Waals surface area contributed by atoms with Crippen LogP contribution < -0.4 is 5.73 Å². The zero-order valence-electron chi connectivity index (χ0n) is 7.29. The van der Waals surface area contributed by atoms with E-state index in [0.29, 0.717) is 5.69 Å². The van der Waals surface area contributed by atoms with Crippen molar-refractivity contribution in [2.24, 2.45) is 5.18 Å². The molecule has 0 saturated carbocycles. The van der Waals surface area contributed by atoms with E-state index in [1.54, 1.807) is 35.3 Å². The van der Waals surface area contributed by atoms with Gasteiger partial charge in [-0.25, -0.2) is 4.68 Å². The number of hydrogen-bond donors (Lipinski definition) is 1. The average molecular weight is 188 g/mol. The molecule has 0 saturated heterocycles. The zero-order valence-corrected chi connectivity index (χ0v) is 7.29. The molecule has 2 N–H and O–H groups in total. The average Bonchev–Trinajstić information content (AvgIpc) is 2.70. The smallest absolute Gasteiger partial charge is 0.131 e. The lowest BCUT2D eigenvalue weighted by Gasteiger charge is -2.02. The molecule has 70 valence electrons. The lowest BCUT2D eigenvalue weighted by atomic mass is 10.2. The summed E-state index contributed by atoms with van der Waals surface area (Å²) in [7, 11) is 0. The van der Waals surface area contributed by atoms with Crippen molar-refractivity contribution >= 4 is 11.4 Å². The van der Waals surface area contributed by atoms with Crippen molar-refractivity contribution in [2.75, 3.05) is 5.73 Å². The summed E-state index contributed by atoms with van der Waals surface area (Å²) >= 11 is 0. The van der Waals surface area contributed by atoms with Gasteiger partial charge in [0.05, 0.1) is 11.4 Å². The highest BCUT2D eigenvalue weighted by molar-refractivity contribution is 5.65. The largest absolute Gasteiger partial charge is 0.397 e. The van der Waals surface area contributed by atoms with Gasteiger partial charge >= 0.3 is 0 Å². The van der Waals surface area contributed by atoms with Crippen LogP contribution in [0.3, 0.4) is 0 Å². The lowest BCUT2D eigenvalue weighted by molar-refractivity contribution is 0.881. The van der Waals surface area contributed by atoms with Crippen LogP contribution in [0.2, 0.25) is 0 Å². The summed E-state index contributed by atoms with van der Waals surface area (Å²) in [4.78, 5) is 10.3. The van der Waals surface area contributed by atoms with Gasteiger partial charge in [0, 0.05) is 12.4 Å². The van der Waals surface area contributed by atoms with Crippen molar-refractivity contribution in [1.82, 2.24) is 9.78 Å². The number of nitrogens with zero attached hydrogens (tertiary/aromatic N) is 3. The highest BCUT2D eigenvalue weighted by Crippen LogP contribution is 2.23. The van der Waals surface area contributed by atoms with E-state index in [2.05, 4.69) is 10.3 Å². The van der Waals surface area contributed by atoms with E-state index in [0.717, 1.165) is 5.69 Å². The first-order valence-corrected chi connectivity index (χ1v) is 4.04. The fourth-order valence-corrected chi connectivity index (χ4v) is 1.19. The van der Waals surface area contributed by atoms with Crippen molar-refractivity contribution < 1.29 is 0 Å². The van der Waals surface area contributed by atoms with Crippen LogP contribution >= 0.6 is 0 Å². The molecule has 2 rings (SSSR count). The Morgan fingerprint density at radius 3 is 2.86 bits per heavy atom. The Kier molecular flexibility index (Phi) is 1.98. The second-order valence-corrected chi connectivity index (χ2v) is 2.79. The van der Waals surface area contributed by atoms with Crippen LogP contribution in [0.4, 0.5) is 11.4 Å². The van der Waals surface area contributed by atoms with Gasteiger partial charge < -0.3 is 5.73 Å². The quantitative estimate of drug-likeness (QED) is 0.577. The molecule has 0 aliphatic carbocycles. The molecule has 1 heterocycles. The molecule has 0 unspecified atom stereocenters. The molecule has 0 aliphatic heterocycles. The van der Waals surface area contributed by atoms with Gasteiger partial charge in [-0.1, -0.05) is 0 Å². The van der Waals surface area contributed by atoms with Crippen LogP contribution in [-0.2, 0) is 0 Å². The lowest BCUT2D eigenvalue weighted by Crippen LogP contribution is -1.95. The van der Waals surface area contributed by atoms with Gasteiger partial charge in [0.1, 0.15) is 5.69 Å². The topological polar surface area (TPSA) is 73.3 Å². The molecule has 14 heavy (non-hydrogen) atoms. The summed E-state index contributed by atoms with van der Waals surface area (Å²) in [5.41, 5.74) is 7.01. The number of aromatic nitrogens is 2. The van der Waals surface area contributed by atoms with Crippen molar-refractivity contribution in [1.29, 1.82) is 0 Å². The van der Waals surface area contributed by atoms with E-state index in [-0.39, 0.29) is 5.69 Å². The molecule has 0 radical (unpaired) electrons. The summed E-state index contributed by atoms with van der Waals surface area (Å²) in [5.74, 6) is 0. The number of anilines is 1. The second kappa shape index (κ2) is 3.29. The number of hydrogen-bond acceptors (Lipinski definition) is 4. The van der Waals surface area contributed by atoms with Gasteiger partial charge in [-0.15, -0.1) is 4.91 Å². The van der Waals surface area contributed by atoms with E-state index in [1.807, 2.05) is 6.07 Å². The number of nitrogens with two attached hydrogens (primary N) is 1. The molecule has 0 amide bonds. The Morgan fingerprint density at radius 2 is 2.29 bits per heavy atom. The molecule has 5 heteroatoms. The molecule has 1 aromatic carbocycles. The summed E-state index contributed by atoms with van der Waals surface area (Å²) < 4.78 is 1.66. The minimum atomic E-state index is 0.251. The van der Waals surface area contributed by atoms with Crippen molar-refractivity contribution in [3.05, 3.63) is 41.6 Å². The van der Waals surface area contributed by atoms with Crippen molar-refractivity contribution in [3.8, 4) is 5.69 Å².